The molecule has 6 nitrogen and oxygen atoms in total. The Morgan fingerprint density at radius 3 is 2.34 bits per heavy atom. The molecule has 0 bridgehead atoms. The molecule has 2 aliphatic rings. The Morgan fingerprint density at radius 1 is 0.897 bits per heavy atom. The lowest BCUT2D eigenvalue weighted by Crippen LogP contribution is -2.25. The maximum atomic E-state index is 12.2. The number of rotatable bonds is 3. The first-order valence-corrected chi connectivity index (χ1v) is 9.29. The van der Waals surface area contributed by atoms with Gasteiger partial charge in [-0.05, 0) is 41.5 Å². The molecule has 144 valence electrons. The summed E-state index contributed by atoms with van der Waals surface area (Å²) in [5.74, 6) is 1.51. The Kier molecular flexibility index (Phi) is 4.17. The Balaban J connectivity index is 1.43. The van der Waals surface area contributed by atoms with Crippen molar-refractivity contribution in [2.24, 2.45) is 5.10 Å². The molecular weight excluding hydrogens is 368 g/mol. The standard InChI is InChI=1S/C23H18N2O4/c1-15(26)25-23(19-11-12-20-21(13-19)28-14-27-20)29-22(24-25)18-9-7-17(8-10-18)16-5-3-2-4-6-16/h2-13,23H,14H2,1H3/t23-/m0/s1. The van der Waals surface area contributed by atoms with E-state index in [1.165, 1.54) is 11.9 Å². The zero-order valence-electron chi connectivity index (χ0n) is 15.7. The normalized spacial score (nSPS) is 17.1. The van der Waals surface area contributed by atoms with Crippen LogP contribution in [0, 0.1) is 0 Å². The van der Waals surface area contributed by atoms with Gasteiger partial charge in [0, 0.05) is 18.1 Å². The second-order valence-corrected chi connectivity index (χ2v) is 6.80. The molecule has 0 radical (unpaired) electrons. The molecule has 6 heteroatoms. The average Bonchev–Trinajstić information content (AvgIpc) is 3.41. The first-order valence-electron chi connectivity index (χ1n) is 9.29. The number of hydrogen-bond donors (Lipinski definition) is 0. The number of ether oxygens (including phenoxy) is 3. The van der Waals surface area contributed by atoms with Crippen molar-refractivity contribution in [2.45, 2.75) is 13.2 Å². The summed E-state index contributed by atoms with van der Waals surface area (Å²) in [7, 11) is 0. The first kappa shape index (κ1) is 17.3. The van der Waals surface area contributed by atoms with E-state index in [1.54, 1.807) is 0 Å². The molecule has 3 aromatic carbocycles. The van der Waals surface area contributed by atoms with Crippen LogP contribution in [0.5, 0.6) is 11.5 Å². The van der Waals surface area contributed by atoms with E-state index in [1.807, 2.05) is 60.7 Å². The van der Waals surface area contributed by atoms with Gasteiger partial charge < -0.3 is 14.2 Å². The maximum absolute atomic E-state index is 12.2. The molecule has 0 saturated carbocycles. The van der Waals surface area contributed by atoms with Crippen LogP contribution < -0.4 is 9.47 Å². The molecule has 0 fully saturated rings. The number of carbonyl (C=O) groups excluding carboxylic acids is 1. The number of benzene rings is 3. The summed E-state index contributed by atoms with van der Waals surface area (Å²) in [6, 6.07) is 23.5. The van der Waals surface area contributed by atoms with Gasteiger partial charge in [0.25, 0.3) is 0 Å². The van der Waals surface area contributed by atoms with E-state index in [4.69, 9.17) is 14.2 Å². The van der Waals surface area contributed by atoms with Crippen molar-refractivity contribution in [3.8, 4) is 22.6 Å². The van der Waals surface area contributed by atoms with Gasteiger partial charge in [0.2, 0.25) is 24.8 Å². The van der Waals surface area contributed by atoms with E-state index < -0.39 is 6.23 Å². The van der Waals surface area contributed by atoms with Crippen molar-refractivity contribution in [2.75, 3.05) is 6.79 Å². The zero-order chi connectivity index (χ0) is 19.8. The molecule has 0 N–H and O–H groups in total. The van der Waals surface area contributed by atoms with Crippen LogP contribution in [-0.2, 0) is 9.53 Å². The van der Waals surface area contributed by atoms with Crippen LogP contribution in [0.15, 0.2) is 77.9 Å². The number of hydrogen-bond acceptors (Lipinski definition) is 5. The van der Waals surface area contributed by atoms with E-state index in [0.717, 1.165) is 22.3 Å². The largest absolute Gasteiger partial charge is 0.454 e. The van der Waals surface area contributed by atoms with E-state index in [0.29, 0.717) is 17.4 Å². The summed E-state index contributed by atoms with van der Waals surface area (Å²) in [6.45, 7) is 1.66. The van der Waals surface area contributed by atoms with Gasteiger partial charge in [-0.3, -0.25) is 4.79 Å². The summed E-state index contributed by atoms with van der Waals surface area (Å²) in [6.07, 6.45) is -0.647. The van der Waals surface area contributed by atoms with Crippen LogP contribution >= 0.6 is 0 Å². The highest BCUT2D eigenvalue weighted by molar-refractivity contribution is 5.96. The summed E-state index contributed by atoms with van der Waals surface area (Å²) in [5, 5.41) is 5.76. The van der Waals surface area contributed by atoms with Crippen LogP contribution in [0.4, 0.5) is 0 Å². The van der Waals surface area contributed by atoms with Crippen molar-refractivity contribution >= 4 is 11.8 Å². The smallest absolute Gasteiger partial charge is 0.243 e. The Hall–Kier alpha value is -3.80. The molecule has 2 aliphatic heterocycles. The first-order chi connectivity index (χ1) is 14.2. The molecule has 2 heterocycles. The summed E-state index contributed by atoms with van der Waals surface area (Å²) < 4.78 is 16.9. The van der Waals surface area contributed by atoms with Crippen molar-refractivity contribution in [1.82, 2.24) is 5.01 Å². The number of nitrogens with zero attached hydrogens (tertiary/aromatic N) is 2. The molecule has 0 aliphatic carbocycles. The van der Waals surface area contributed by atoms with Gasteiger partial charge in [0.1, 0.15) is 0 Å². The number of fused-ring (bicyclic) bond motifs is 1. The highest BCUT2D eigenvalue weighted by Gasteiger charge is 2.34. The number of amides is 1. The molecule has 0 aromatic heterocycles. The van der Waals surface area contributed by atoms with Crippen LogP contribution in [0.3, 0.4) is 0 Å². The Bertz CT molecular complexity index is 1090. The molecule has 5 rings (SSSR count). The third kappa shape index (κ3) is 3.18. The van der Waals surface area contributed by atoms with E-state index in [9.17, 15) is 4.79 Å². The minimum Gasteiger partial charge on any atom is -0.454 e. The molecule has 0 unspecified atom stereocenters. The van der Waals surface area contributed by atoms with Gasteiger partial charge in [-0.15, -0.1) is 5.10 Å². The topological polar surface area (TPSA) is 60.4 Å². The molecule has 3 aromatic rings. The minimum atomic E-state index is -0.647. The van der Waals surface area contributed by atoms with Gasteiger partial charge >= 0.3 is 0 Å². The molecule has 29 heavy (non-hydrogen) atoms. The van der Waals surface area contributed by atoms with Crippen LogP contribution in [-0.4, -0.2) is 23.6 Å². The van der Waals surface area contributed by atoms with Crippen LogP contribution in [0.25, 0.3) is 11.1 Å². The lowest BCUT2D eigenvalue weighted by molar-refractivity contribution is -0.135. The summed E-state index contributed by atoms with van der Waals surface area (Å²) in [4.78, 5) is 12.2. The summed E-state index contributed by atoms with van der Waals surface area (Å²) >= 11 is 0. The minimum absolute atomic E-state index is 0.191. The fourth-order valence-electron chi connectivity index (χ4n) is 3.40. The molecule has 0 spiro atoms. The molecular formula is C23H18N2O4. The zero-order valence-corrected chi connectivity index (χ0v) is 15.7. The van der Waals surface area contributed by atoms with Gasteiger partial charge in [0.05, 0.1) is 0 Å². The second kappa shape index (κ2) is 6.98. The molecule has 1 atom stereocenters. The Labute approximate surface area is 167 Å². The van der Waals surface area contributed by atoms with Crippen molar-refractivity contribution in [3.63, 3.8) is 0 Å². The van der Waals surface area contributed by atoms with Crippen molar-refractivity contribution in [1.29, 1.82) is 0 Å². The maximum Gasteiger partial charge on any atom is 0.243 e. The van der Waals surface area contributed by atoms with E-state index in [2.05, 4.69) is 17.2 Å². The van der Waals surface area contributed by atoms with Gasteiger partial charge in [-0.2, -0.15) is 5.01 Å². The predicted octanol–water partition coefficient (Wildman–Crippen LogP) is 4.32. The van der Waals surface area contributed by atoms with Crippen molar-refractivity contribution < 1.29 is 19.0 Å². The van der Waals surface area contributed by atoms with Crippen LogP contribution in [0.1, 0.15) is 24.3 Å². The quantitative estimate of drug-likeness (QED) is 0.673. The second-order valence-electron chi connectivity index (χ2n) is 6.80. The van der Waals surface area contributed by atoms with E-state index in [-0.39, 0.29) is 12.7 Å². The lowest BCUT2D eigenvalue weighted by Gasteiger charge is -2.19. The highest BCUT2D eigenvalue weighted by Crippen LogP contribution is 2.38. The monoisotopic (exact) mass is 386 g/mol. The number of hydrazone groups is 1. The van der Waals surface area contributed by atoms with Gasteiger partial charge in [-0.1, -0.05) is 42.5 Å². The SMILES string of the molecule is CC(=O)N1N=C(c2ccc(-c3ccccc3)cc2)O[C@H]1c1ccc2c(c1)OCO2. The van der Waals surface area contributed by atoms with E-state index >= 15 is 0 Å². The fourth-order valence-corrected chi connectivity index (χ4v) is 3.40. The average molecular weight is 386 g/mol. The predicted molar refractivity (Wildman–Crippen MR) is 107 cm³/mol. The molecule has 1 amide bonds. The Morgan fingerprint density at radius 2 is 1.59 bits per heavy atom. The van der Waals surface area contributed by atoms with Crippen molar-refractivity contribution in [3.05, 3.63) is 83.9 Å². The number of carbonyl (C=O) groups is 1. The summed E-state index contributed by atoms with van der Waals surface area (Å²) in [5.41, 5.74) is 3.81. The molecule has 0 saturated heterocycles. The fraction of sp³-hybridized carbons (Fsp3) is 0.130. The third-order valence-corrected chi connectivity index (χ3v) is 4.89. The van der Waals surface area contributed by atoms with Gasteiger partial charge in [0.15, 0.2) is 11.5 Å². The third-order valence-electron chi connectivity index (χ3n) is 4.89. The van der Waals surface area contributed by atoms with Crippen LogP contribution in [0.2, 0.25) is 0 Å². The van der Waals surface area contributed by atoms with Gasteiger partial charge in [-0.25, -0.2) is 0 Å². The lowest BCUT2D eigenvalue weighted by atomic mass is 10.0. The highest BCUT2D eigenvalue weighted by atomic mass is 16.7.